The second kappa shape index (κ2) is 10.9. The van der Waals surface area contributed by atoms with Gasteiger partial charge in [-0.05, 0) is 74.4 Å². The van der Waals surface area contributed by atoms with Crippen LogP contribution in [0.2, 0.25) is 19.6 Å². The van der Waals surface area contributed by atoms with Gasteiger partial charge in [0, 0.05) is 29.5 Å². The van der Waals surface area contributed by atoms with Gasteiger partial charge in [-0.2, -0.15) is 5.10 Å². The lowest BCUT2D eigenvalue weighted by molar-refractivity contribution is 0.261. The minimum Gasteiger partial charge on any atom is -0.285 e. The number of benzene rings is 1. The van der Waals surface area contributed by atoms with Crippen LogP contribution in [-0.4, -0.2) is 60.2 Å². The highest BCUT2D eigenvalue weighted by atomic mass is 32.2. The highest BCUT2D eigenvalue weighted by Crippen LogP contribution is 2.50. The van der Waals surface area contributed by atoms with Gasteiger partial charge in [0.05, 0.1) is 18.4 Å². The van der Waals surface area contributed by atoms with Crippen LogP contribution in [-0.2, 0) is 9.84 Å². The van der Waals surface area contributed by atoms with Crippen molar-refractivity contribution in [2.45, 2.75) is 116 Å². The van der Waals surface area contributed by atoms with E-state index in [0.29, 0.717) is 4.90 Å². The predicted octanol–water partition coefficient (Wildman–Crippen LogP) is 5.27. The Morgan fingerprint density at radius 2 is 1.24 bits per heavy atom. The number of nitrogens with zero attached hydrogens (tertiary/aromatic N) is 3. The fraction of sp³-hybridized carbons (Fsp3) is 0.640. The van der Waals surface area contributed by atoms with Gasteiger partial charge in [0.2, 0.25) is 9.84 Å². The average molecular weight is 525 g/mol. The van der Waals surface area contributed by atoms with E-state index in [4.69, 9.17) is 0 Å². The van der Waals surface area contributed by atoms with Gasteiger partial charge in [-0.1, -0.05) is 37.3 Å². The smallest absolute Gasteiger partial charge is 0.226 e. The van der Waals surface area contributed by atoms with Gasteiger partial charge in [0.15, 0.2) is 5.03 Å². The lowest BCUT2D eigenvalue weighted by Gasteiger charge is -2.47. The van der Waals surface area contributed by atoms with Crippen LogP contribution >= 0.6 is 8.22 Å². The molecule has 0 aliphatic heterocycles. The summed E-state index contributed by atoms with van der Waals surface area (Å²) in [6.45, 7) is 26.4. The number of hydrogen-bond donors (Lipinski definition) is 1. The maximum Gasteiger partial charge on any atom is 0.226 e. The largest absolute Gasteiger partial charge is 0.285 e. The second-order valence-corrected chi connectivity index (χ2v) is 20.1. The quantitative estimate of drug-likeness (QED) is 0.339. The van der Waals surface area contributed by atoms with Crippen molar-refractivity contribution in [1.29, 1.82) is 0 Å². The van der Waals surface area contributed by atoms with Gasteiger partial charge < -0.3 is 0 Å². The lowest BCUT2D eigenvalue weighted by atomic mass is 10.2. The second-order valence-electron chi connectivity index (χ2n) is 11.2. The Morgan fingerprint density at radius 3 is 1.59 bits per heavy atom. The fourth-order valence-electron chi connectivity index (χ4n) is 4.46. The molecule has 1 aromatic carbocycles. The molecule has 0 saturated carbocycles. The van der Waals surface area contributed by atoms with Gasteiger partial charge >= 0.3 is 0 Å². The summed E-state index contributed by atoms with van der Waals surface area (Å²) in [7, 11) is -6.90. The van der Waals surface area contributed by atoms with E-state index in [1.165, 1.54) is 0 Å². The Balaban J connectivity index is 2.99. The molecule has 192 valence electrons. The third-order valence-electron chi connectivity index (χ3n) is 5.80. The van der Waals surface area contributed by atoms with E-state index in [1.54, 1.807) is 12.1 Å². The van der Waals surface area contributed by atoms with Gasteiger partial charge in [0.1, 0.15) is 8.07 Å². The van der Waals surface area contributed by atoms with Crippen molar-refractivity contribution in [1.82, 2.24) is 19.5 Å². The predicted molar refractivity (Wildman–Crippen MR) is 149 cm³/mol. The molecule has 1 N–H and O–H groups in total. The first kappa shape index (κ1) is 29.2. The first-order valence-electron chi connectivity index (χ1n) is 12.3. The molecule has 0 fully saturated rings. The summed E-state index contributed by atoms with van der Waals surface area (Å²) in [4.78, 5) is 0.296. The van der Waals surface area contributed by atoms with Crippen molar-refractivity contribution in [3.63, 3.8) is 0 Å². The van der Waals surface area contributed by atoms with Crippen molar-refractivity contribution in [2.75, 3.05) is 0 Å². The van der Waals surface area contributed by atoms with Crippen molar-refractivity contribution >= 4 is 36.8 Å². The third-order valence-corrected chi connectivity index (χ3v) is 13.3. The van der Waals surface area contributed by atoms with Gasteiger partial charge in [-0.25, -0.2) is 8.42 Å². The molecule has 2 rings (SSSR count). The number of hydrogen-bond acceptors (Lipinski definition) is 5. The molecule has 1 aromatic heterocycles. The van der Waals surface area contributed by atoms with E-state index in [1.807, 2.05) is 19.1 Å². The molecule has 0 saturated heterocycles. The van der Waals surface area contributed by atoms with Crippen LogP contribution in [0.1, 0.15) is 61.0 Å². The summed E-state index contributed by atoms with van der Waals surface area (Å²) in [5.41, 5.74) is 1.03. The summed E-state index contributed by atoms with van der Waals surface area (Å²) in [6, 6.07) is 8.07. The Labute approximate surface area is 210 Å². The van der Waals surface area contributed by atoms with Crippen LogP contribution in [0.25, 0.3) is 0 Å². The van der Waals surface area contributed by atoms with Gasteiger partial charge in [-0.3, -0.25) is 14.4 Å². The Morgan fingerprint density at radius 1 is 0.824 bits per heavy atom. The number of sulfone groups is 1. The molecule has 0 radical (unpaired) electrons. The fourth-order valence-corrected chi connectivity index (χ4v) is 11.8. The van der Waals surface area contributed by atoms with Crippen molar-refractivity contribution in [3.05, 3.63) is 29.8 Å². The zero-order valence-electron chi connectivity index (χ0n) is 23.1. The molecule has 0 unspecified atom stereocenters. The first-order chi connectivity index (χ1) is 15.5. The summed E-state index contributed by atoms with van der Waals surface area (Å²) in [5, 5.41) is 9.91. The maximum absolute atomic E-state index is 14.0. The Bertz CT molecular complexity index is 1020. The van der Waals surface area contributed by atoms with Crippen LogP contribution in [0.3, 0.4) is 0 Å². The topological polar surface area (TPSA) is 69.3 Å². The summed E-state index contributed by atoms with van der Waals surface area (Å²) in [6.07, 6.45) is 0. The molecular weight excluding hydrogens is 479 g/mol. The average Bonchev–Trinajstić information content (AvgIpc) is 3.12. The minimum absolute atomic E-state index is 0.192. The van der Waals surface area contributed by atoms with Gasteiger partial charge in [-0.15, -0.1) is 0 Å². The zero-order chi connectivity index (χ0) is 26.2. The standard InChI is InChI=1S/C25H45N4O2PSSi/c1-17(2)28(18(3)4)32(29(19(5)6)20(7)8)23-24(26-27-25(23)34(10,11)12)33(30,31)22-15-13-21(9)14-16-22/h13-20H,1-12H3,(H,26,27). The van der Waals surface area contributed by atoms with Crippen LogP contribution in [0.4, 0.5) is 0 Å². The van der Waals surface area contributed by atoms with E-state index in [0.717, 1.165) is 16.2 Å². The molecule has 0 amide bonds. The highest BCUT2D eigenvalue weighted by molar-refractivity contribution is 7.92. The van der Waals surface area contributed by atoms with Crippen molar-refractivity contribution in [2.24, 2.45) is 0 Å². The molecule has 1 heterocycles. The molecule has 0 aliphatic rings. The molecule has 2 aromatic rings. The molecule has 0 spiro atoms. The zero-order valence-corrected chi connectivity index (χ0v) is 25.8. The van der Waals surface area contributed by atoms with E-state index >= 15 is 0 Å². The minimum atomic E-state index is -3.80. The monoisotopic (exact) mass is 524 g/mol. The summed E-state index contributed by atoms with van der Waals surface area (Å²) < 4.78 is 33.1. The number of aromatic amines is 1. The SMILES string of the molecule is Cc1ccc(S(=O)(=O)c2n[nH]c([Si](C)(C)C)c2P(N(C(C)C)C(C)C)N(C(C)C)C(C)C)cc1. The maximum atomic E-state index is 14.0. The van der Waals surface area contributed by atoms with Crippen LogP contribution in [0, 0.1) is 6.92 Å². The molecule has 0 aliphatic carbocycles. The molecule has 0 atom stereocenters. The van der Waals surface area contributed by atoms with Crippen molar-refractivity contribution < 1.29 is 8.42 Å². The van der Waals surface area contributed by atoms with Gasteiger partial charge in [0.25, 0.3) is 0 Å². The molecular formula is C25H45N4O2PSSi. The van der Waals surface area contributed by atoms with E-state index in [-0.39, 0.29) is 29.2 Å². The molecule has 9 heteroatoms. The van der Waals surface area contributed by atoms with E-state index < -0.39 is 26.1 Å². The number of aryl methyl sites for hydroxylation is 1. The lowest BCUT2D eigenvalue weighted by Crippen LogP contribution is -2.53. The van der Waals surface area contributed by atoms with Crippen LogP contribution in [0.5, 0.6) is 0 Å². The summed E-state index contributed by atoms with van der Waals surface area (Å²) in [5.74, 6) is 0. The van der Waals surface area contributed by atoms with Crippen molar-refractivity contribution in [3.8, 4) is 0 Å². The Kier molecular flexibility index (Phi) is 9.37. The van der Waals surface area contributed by atoms with E-state index in [9.17, 15) is 8.42 Å². The summed E-state index contributed by atoms with van der Waals surface area (Å²) >= 11 is 0. The molecule has 34 heavy (non-hydrogen) atoms. The number of nitrogens with one attached hydrogen (secondary N) is 1. The van der Waals surface area contributed by atoms with Crippen LogP contribution in [0.15, 0.2) is 34.2 Å². The third kappa shape index (κ3) is 6.01. The van der Waals surface area contributed by atoms with Crippen LogP contribution < -0.4 is 10.6 Å². The number of H-pyrrole nitrogens is 1. The normalized spacial score (nSPS) is 13.6. The molecule has 6 nitrogen and oxygen atoms in total. The molecule has 0 bridgehead atoms. The number of rotatable bonds is 10. The highest BCUT2D eigenvalue weighted by Gasteiger charge is 2.43. The van der Waals surface area contributed by atoms with E-state index in [2.05, 4.69) is 94.6 Å². The Hall–Kier alpha value is -1.05. The number of aromatic nitrogens is 2. The first-order valence-corrected chi connectivity index (χ1v) is 18.5.